The highest BCUT2D eigenvalue weighted by Crippen LogP contribution is 2.27. The second-order valence-corrected chi connectivity index (χ2v) is 3.93. The molecule has 86 valence electrons. The van der Waals surface area contributed by atoms with Gasteiger partial charge in [0.05, 0.1) is 35.1 Å². The van der Waals surface area contributed by atoms with Crippen LogP contribution in [0.15, 0.2) is 18.7 Å². The van der Waals surface area contributed by atoms with Gasteiger partial charge in [-0.05, 0) is 6.92 Å². The summed E-state index contributed by atoms with van der Waals surface area (Å²) in [6.45, 7) is 2.61. The highest BCUT2D eigenvalue weighted by molar-refractivity contribution is 6.31. The number of hydrogen-bond acceptors (Lipinski definition) is 3. The van der Waals surface area contributed by atoms with Gasteiger partial charge < -0.3 is 9.67 Å². The molecule has 16 heavy (non-hydrogen) atoms. The van der Waals surface area contributed by atoms with Crippen LogP contribution in [0.3, 0.4) is 0 Å². The number of imidazole rings is 1. The molecule has 1 atom stereocenters. The Bertz CT molecular complexity index is 491. The summed E-state index contributed by atoms with van der Waals surface area (Å²) in [5, 5.41) is 14.8. The zero-order valence-corrected chi connectivity index (χ0v) is 9.89. The minimum absolute atomic E-state index is 0.468. The number of nitrogens with zero attached hydrogens (tertiary/aromatic N) is 4. The molecule has 2 heterocycles. The van der Waals surface area contributed by atoms with E-state index in [0.717, 1.165) is 0 Å². The first kappa shape index (κ1) is 11.2. The fourth-order valence-corrected chi connectivity index (χ4v) is 1.91. The normalized spacial score (nSPS) is 13.0. The molecule has 1 unspecified atom stereocenters. The molecule has 0 spiro atoms. The van der Waals surface area contributed by atoms with Crippen LogP contribution in [0.5, 0.6) is 0 Å². The van der Waals surface area contributed by atoms with E-state index in [0.29, 0.717) is 23.0 Å². The summed E-state index contributed by atoms with van der Waals surface area (Å²) in [4.78, 5) is 3.97. The lowest BCUT2D eigenvalue weighted by molar-refractivity contribution is 0.199. The predicted molar refractivity (Wildman–Crippen MR) is 60.2 cm³/mol. The van der Waals surface area contributed by atoms with Crippen LogP contribution in [-0.4, -0.2) is 24.4 Å². The van der Waals surface area contributed by atoms with Gasteiger partial charge in [-0.15, -0.1) is 0 Å². The summed E-state index contributed by atoms with van der Waals surface area (Å²) in [6, 6.07) is 0. The van der Waals surface area contributed by atoms with E-state index in [4.69, 9.17) is 11.6 Å². The van der Waals surface area contributed by atoms with Crippen LogP contribution in [0, 0.1) is 0 Å². The Morgan fingerprint density at radius 1 is 1.50 bits per heavy atom. The number of rotatable bonds is 3. The molecule has 0 aliphatic heterocycles. The van der Waals surface area contributed by atoms with E-state index >= 15 is 0 Å². The maximum absolute atomic E-state index is 10.2. The molecule has 0 aromatic carbocycles. The van der Waals surface area contributed by atoms with Gasteiger partial charge >= 0.3 is 0 Å². The van der Waals surface area contributed by atoms with E-state index < -0.39 is 6.10 Å². The van der Waals surface area contributed by atoms with Crippen molar-refractivity contribution < 1.29 is 5.11 Å². The zero-order valence-electron chi connectivity index (χ0n) is 9.13. The summed E-state index contributed by atoms with van der Waals surface area (Å²) < 4.78 is 3.44. The molecule has 6 heteroatoms. The third-order valence-electron chi connectivity index (χ3n) is 2.53. The van der Waals surface area contributed by atoms with Gasteiger partial charge in [0.25, 0.3) is 0 Å². The molecular formula is C10H13ClN4O. The first-order chi connectivity index (χ1) is 7.65. The third-order valence-corrected chi connectivity index (χ3v) is 2.82. The molecular weight excluding hydrogens is 228 g/mol. The summed E-state index contributed by atoms with van der Waals surface area (Å²) in [6.07, 6.45) is 4.00. The number of aryl methyl sites for hydroxylation is 2. The molecule has 0 bridgehead atoms. The Labute approximate surface area is 98.3 Å². The van der Waals surface area contributed by atoms with Crippen molar-refractivity contribution in [3.63, 3.8) is 0 Å². The molecule has 0 saturated carbocycles. The zero-order chi connectivity index (χ0) is 11.7. The van der Waals surface area contributed by atoms with Gasteiger partial charge in [-0.3, -0.25) is 4.68 Å². The molecule has 2 aromatic heterocycles. The molecule has 0 radical (unpaired) electrons. The van der Waals surface area contributed by atoms with Crippen molar-refractivity contribution in [3.8, 4) is 0 Å². The molecule has 0 fully saturated rings. The molecule has 0 amide bonds. The Hall–Kier alpha value is -1.33. The number of halogens is 1. The van der Waals surface area contributed by atoms with E-state index in [-0.39, 0.29) is 0 Å². The lowest BCUT2D eigenvalue weighted by Crippen LogP contribution is -2.12. The second-order valence-electron chi connectivity index (χ2n) is 3.53. The van der Waals surface area contributed by atoms with Crippen molar-refractivity contribution in [2.24, 2.45) is 7.05 Å². The molecule has 2 aromatic rings. The summed E-state index contributed by atoms with van der Waals surface area (Å²) in [5.74, 6) is 0. The third kappa shape index (κ3) is 1.72. The van der Waals surface area contributed by atoms with Crippen LogP contribution < -0.4 is 0 Å². The van der Waals surface area contributed by atoms with E-state index in [1.807, 2.05) is 14.0 Å². The summed E-state index contributed by atoms with van der Waals surface area (Å²) in [5.41, 5.74) is 1.30. The number of aliphatic hydroxyl groups excluding tert-OH is 1. The summed E-state index contributed by atoms with van der Waals surface area (Å²) in [7, 11) is 1.83. The van der Waals surface area contributed by atoms with Gasteiger partial charge in [0.15, 0.2) is 0 Å². The van der Waals surface area contributed by atoms with Crippen molar-refractivity contribution >= 4 is 11.6 Å². The summed E-state index contributed by atoms with van der Waals surface area (Å²) >= 11 is 6.01. The van der Waals surface area contributed by atoms with Gasteiger partial charge in [-0.1, -0.05) is 11.6 Å². The Morgan fingerprint density at radius 2 is 2.25 bits per heavy atom. The first-order valence-corrected chi connectivity index (χ1v) is 5.38. The van der Waals surface area contributed by atoms with Crippen molar-refractivity contribution in [2.45, 2.75) is 19.6 Å². The predicted octanol–water partition coefficient (Wildman–Crippen LogP) is 1.37. The molecule has 1 N–H and O–H groups in total. The van der Waals surface area contributed by atoms with Gasteiger partial charge in [-0.25, -0.2) is 4.98 Å². The molecule has 0 aliphatic carbocycles. The highest BCUT2D eigenvalue weighted by Gasteiger charge is 2.21. The fourth-order valence-electron chi connectivity index (χ4n) is 1.67. The van der Waals surface area contributed by atoms with E-state index in [1.54, 1.807) is 28.0 Å². The average Bonchev–Trinajstić information content (AvgIpc) is 2.83. The Morgan fingerprint density at radius 3 is 2.81 bits per heavy atom. The maximum Gasteiger partial charge on any atom is 0.139 e. The first-order valence-electron chi connectivity index (χ1n) is 5.00. The van der Waals surface area contributed by atoms with Gasteiger partial charge in [0, 0.05) is 13.6 Å². The van der Waals surface area contributed by atoms with Crippen LogP contribution in [0.1, 0.15) is 24.4 Å². The molecule has 0 aliphatic rings. The lowest BCUT2D eigenvalue weighted by atomic mass is 10.2. The minimum Gasteiger partial charge on any atom is -0.380 e. The van der Waals surface area contributed by atoms with Crippen molar-refractivity contribution in [1.82, 2.24) is 19.3 Å². The van der Waals surface area contributed by atoms with Crippen molar-refractivity contribution in [3.05, 3.63) is 35.1 Å². The monoisotopic (exact) mass is 240 g/mol. The van der Waals surface area contributed by atoms with Crippen molar-refractivity contribution in [1.29, 1.82) is 0 Å². The van der Waals surface area contributed by atoms with Gasteiger partial charge in [0.1, 0.15) is 6.10 Å². The van der Waals surface area contributed by atoms with E-state index in [2.05, 4.69) is 10.1 Å². The average molecular weight is 241 g/mol. The number of aliphatic hydroxyl groups is 1. The number of hydrogen-bond donors (Lipinski definition) is 1. The molecule has 0 saturated heterocycles. The van der Waals surface area contributed by atoms with Crippen LogP contribution in [0.2, 0.25) is 5.02 Å². The highest BCUT2D eigenvalue weighted by atomic mass is 35.5. The van der Waals surface area contributed by atoms with Gasteiger partial charge in [-0.2, -0.15) is 5.10 Å². The maximum atomic E-state index is 10.2. The van der Waals surface area contributed by atoms with Gasteiger partial charge in [0.2, 0.25) is 0 Å². The lowest BCUT2D eigenvalue weighted by Gasteiger charge is -2.13. The Kier molecular flexibility index (Phi) is 2.98. The van der Waals surface area contributed by atoms with Crippen LogP contribution >= 0.6 is 11.6 Å². The van der Waals surface area contributed by atoms with Crippen LogP contribution in [0.25, 0.3) is 0 Å². The van der Waals surface area contributed by atoms with E-state index in [9.17, 15) is 5.11 Å². The SMILES string of the molecule is CCn1ncc(Cl)c1C(O)c1cncn1C. The Balaban J connectivity index is 2.44. The molecule has 5 nitrogen and oxygen atoms in total. The smallest absolute Gasteiger partial charge is 0.139 e. The largest absolute Gasteiger partial charge is 0.380 e. The fraction of sp³-hybridized carbons (Fsp3) is 0.400. The van der Waals surface area contributed by atoms with E-state index in [1.165, 1.54) is 0 Å². The minimum atomic E-state index is -0.803. The standard InChI is InChI=1S/C10H13ClN4O/c1-3-15-9(7(11)4-13-15)10(16)8-5-12-6-14(8)2/h4-6,10,16H,3H2,1-2H3. The quantitative estimate of drug-likeness (QED) is 0.882. The van der Waals surface area contributed by atoms with Crippen molar-refractivity contribution in [2.75, 3.05) is 0 Å². The topological polar surface area (TPSA) is 55.9 Å². The number of aromatic nitrogens is 4. The molecule has 2 rings (SSSR count). The second kappa shape index (κ2) is 4.27. The van der Waals surface area contributed by atoms with Crippen LogP contribution in [0.4, 0.5) is 0 Å². The van der Waals surface area contributed by atoms with Crippen LogP contribution in [-0.2, 0) is 13.6 Å².